The summed E-state index contributed by atoms with van der Waals surface area (Å²) in [6.07, 6.45) is 4.44. The SMILES string of the molecule is Cc1cc(C)cc(NC(=O)c2cncc(-c3cccc(F)c3F)c2N2CCC(N)CC2)c1. The van der Waals surface area contributed by atoms with Crippen molar-refractivity contribution < 1.29 is 13.6 Å². The van der Waals surface area contributed by atoms with Gasteiger partial charge in [-0.2, -0.15) is 0 Å². The van der Waals surface area contributed by atoms with Crippen LogP contribution in [0.15, 0.2) is 48.8 Å². The Morgan fingerprint density at radius 2 is 1.75 bits per heavy atom. The molecule has 0 bridgehead atoms. The van der Waals surface area contributed by atoms with E-state index in [0.29, 0.717) is 35.6 Å². The van der Waals surface area contributed by atoms with Gasteiger partial charge in [-0.25, -0.2) is 8.78 Å². The lowest BCUT2D eigenvalue weighted by atomic mass is 9.98. The van der Waals surface area contributed by atoms with Crippen LogP contribution in [0.4, 0.5) is 20.2 Å². The largest absolute Gasteiger partial charge is 0.370 e. The Labute approximate surface area is 186 Å². The van der Waals surface area contributed by atoms with Gasteiger partial charge in [-0.1, -0.05) is 18.2 Å². The van der Waals surface area contributed by atoms with Crippen LogP contribution in [0.5, 0.6) is 0 Å². The number of nitrogens with two attached hydrogens (primary N) is 1. The molecule has 0 spiro atoms. The molecule has 4 rings (SSSR count). The highest BCUT2D eigenvalue weighted by Gasteiger charge is 2.26. The van der Waals surface area contributed by atoms with Crippen molar-refractivity contribution in [3.05, 3.63) is 77.1 Å². The fraction of sp³-hybridized carbons (Fsp3) is 0.280. The first-order chi connectivity index (χ1) is 15.3. The molecule has 0 radical (unpaired) electrons. The van der Waals surface area contributed by atoms with Gasteiger partial charge in [0.05, 0.1) is 11.3 Å². The second-order valence-electron chi connectivity index (χ2n) is 8.34. The van der Waals surface area contributed by atoms with Gasteiger partial charge in [0, 0.05) is 48.3 Å². The van der Waals surface area contributed by atoms with Crippen molar-refractivity contribution in [2.24, 2.45) is 5.73 Å². The maximum absolute atomic E-state index is 14.7. The van der Waals surface area contributed by atoms with Crippen molar-refractivity contribution in [2.75, 3.05) is 23.3 Å². The molecule has 0 aliphatic carbocycles. The topological polar surface area (TPSA) is 71.2 Å². The third kappa shape index (κ3) is 4.48. The van der Waals surface area contributed by atoms with Crippen molar-refractivity contribution in [3.8, 4) is 11.1 Å². The molecule has 7 heteroatoms. The molecular weight excluding hydrogens is 410 g/mol. The third-order valence-corrected chi connectivity index (χ3v) is 5.74. The van der Waals surface area contributed by atoms with E-state index in [1.807, 2.05) is 36.9 Å². The Balaban J connectivity index is 1.81. The van der Waals surface area contributed by atoms with Gasteiger partial charge in [0.1, 0.15) is 0 Å². The van der Waals surface area contributed by atoms with Gasteiger partial charge >= 0.3 is 0 Å². The van der Waals surface area contributed by atoms with Crippen molar-refractivity contribution in [3.63, 3.8) is 0 Å². The van der Waals surface area contributed by atoms with Crippen LogP contribution < -0.4 is 16.0 Å². The molecule has 1 aromatic heterocycles. The summed E-state index contributed by atoms with van der Waals surface area (Å²) in [5.41, 5.74) is 10.1. The van der Waals surface area contributed by atoms with E-state index in [4.69, 9.17) is 5.73 Å². The summed E-state index contributed by atoms with van der Waals surface area (Å²) >= 11 is 0. The number of aromatic nitrogens is 1. The Morgan fingerprint density at radius 3 is 2.44 bits per heavy atom. The number of pyridine rings is 1. The lowest BCUT2D eigenvalue weighted by Gasteiger charge is -2.34. The molecule has 3 aromatic rings. The normalized spacial score (nSPS) is 14.5. The maximum Gasteiger partial charge on any atom is 0.259 e. The second-order valence-corrected chi connectivity index (χ2v) is 8.34. The van der Waals surface area contributed by atoms with Crippen LogP contribution >= 0.6 is 0 Å². The van der Waals surface area contributed by atoms with Gasteiger partial charge in [0.25, 0.3) is 5.91 Å². The fourth-order valence-corrected chi connectivity index (χ4v) is 4.24. The summed E-state index contributed by atoms with van der Waals surface area (Å²) in [6.45, 7) is 5.14. The molecule has 1 aliphatic heterocycles. The van der Waals surface area contributed by atoms with E-state index in [-0.39, 0.29) is 17.5 Å². The smallest absolute Gasteiger partial charge is 0.259 e. The summed E-state index contributed by atoms with van der Waals surface area (Å²) in [5.74, 6) is -2.26. The minimum absolute atomic E-state index is 0.0726. The molecule has 0 atom stereocenters. The number of piperidine rings is 1. The van der Waals surface area contributed by atoms with Gasteiger partial charge in [-0.05, 0) is 56.0 Å². The number of hydrogen-bond donors (Lipinski definition) is 2. The highest BCUT2D eigenvalue weighted by atomic mass is 19.2. The summed E-state index contributed by atoms with van der Waals surface area (Å²) in [6, 6.07) is 9.89. The van der Waals surface area contributed by atoms with Crippen LogP contribution in [0, 0.1) is 25.5 Å². The molecule has 166 valence electrons. The molecule has 3 N–H and O–H groups in total. The number of nitrogens with one attached hydrogen (secondary N) is 1. The molecule has 2 aromatic carbocycles. The lowest BCUT2D eigenvalue weighted by Crippen LogP contribution is -2.40. The highest BCUT2D eigenvalue weighted by Crippen LogP contribution is 2.37. The van der Waals surface area contributed by atoms with Gasteiger partial charge in [0.2, 0.25) is 0 Å². The Morgan fingerprint density at radius 1 is 1.06 bits per heavy atom. The number of amides is 1. The zero-order valence-electron chi connectivity index (χ0n) is 18.2. The molecule has 1 saturated heterocycles. The fourth-order valence-electron chi connectivity index (χ4n) is 4.24. The predicted molar refractivity (Wildman–Crippen MR) is 123 cm³/mol. The molecule has 0 unspecified atom stereocenters. The van der Waals surface area contributed by atoms with E-state index in [0.717, 1.165) is 30.0 Å². The van der Waals surface area contributed by atoms with E-state index in [9.17, 15) is 13.6 Å². The zero-order chi connectivity index (χ0) is 22.8. The van der Waals surface area contributed by atoms with E-state index in [2.05, 4.69) is 10.3 Å². The van der Waals surface area contributed by atoms with Crippen LogP contribution in [0.1, 0.15) is 34.3 Å². The van der Waals surface area contributed by atoms with E-state index < -0.39 is 11.6 Å². The van der Waals surface area contributed by atoms with Crippen LogP contribution in [-0.4, -0.2) is 30.0 Å². The van der Waals surface area contributed by atoms with E-state index in [1.165, 1.54) is 24.5 Å². The number of aryl methyl sites for hydroxylation is 2. The van der Waals surface area contributed by atoms with Crippen molar-refractivity contribution in [1.82, 2.24) is 4.98 Å². The zero-order valence-corrected chi connectivity index (χ0v) is 18.2. The summed E-state index contributed by atoms with van der Waals surface area (Å²) < 4.78 is 28.7. The number of carbonyl (C=O) groups excluding carboxylic acids is 1. The number of nitrogens with zero attached hydrogens (tertiary/aromatic N) is 2. The molecule has 0 saturated carbocycles. The van der Waals surface area contributed by atoms with Crippen LogP contribution in [-0.2, 0) is 0 Å². The molecular formula is C25H26F2N4O. The van der Waals surface area contributed by atoms with Crippen LogP contribution in [0.2, 0.25) is 0 Å². The summed E-state index contributed by atoms with van der Waals surface area (Å²) in [4.78, 5) is 19.5. The first-order valence-electron chi connectivity index (χ1n) is 10.7. The van der Waals surface area contributed by atoms with E-state index >= 15 is 0 Å². The number of benzene rings is 2. The molecule has 5 nitrogen and oxygen atoms in total. The molecule has 1 aliphatic rings. The number of rotatable bonds is 4. The van der Waals surface area contributed by atoms with Crippen LogP contribution in [0.3, 0.4) is 0 Å². The van der Waals surface area contributed by atoms with Gasteiger partial charge < -0.3 is 16.0 Å². The Hall–Kier alpha value is -3.32. The quantitative estimate of drug-likeness (QED) is 0.615. The average Bonchev–Trinajstić information content (AvgIpc) is 2.75. The van der Waals surface area contributed by atoms with Gasteiger partial charge in [0.15, 0.2) is 11.6 Å². The van der Waals surface area contributed by atoms with Crippen LogP contribution in [0.25, 0.3) is 11.1 Å². The number of carbonyl (C=O) groups is 1. The first-order valence-corrected chi connectivity index (χ1v) is 10.7. The second kappa shape index (κ2) is 9.04. The lowest BCUT2D eigenvalue weighted by molar-refractivity contribution is 0.102. The van der Waals surface area contributed by atoms with E-state index in [1.54, 1.807) is 0 Å². The molecule has 2 heterocycles. The molecule has 1 amide bonds. The first kappa shape index (κ1) is 21.9. The minimum Gasteiger partial charge on any atom is -0.370 e. The minimum atomic E-state index is -0.962. The average molecular weight is 437 g/mol. The number of halogens is 2. The molecule has 1 fully saturated rings. The summed E-state index contributed by atoms with van der Waals surface area (Å²) in [5, 5.41) is 2.93. The maximum atomic E-state index is 14.7. The Kier molecular flexibility index (Phi) is 6.19. The highest BCUT2D eigenvalue weighted by molar-refractivity contribution is 6.10. The van der Waals surface area contributed by atoms with Crippen molar-refractivity contribution in [1.29, 1.82) is 0 Å². The number of anilines is 2. The summed E-state index contributed by atoms with van der Waals surface area (Å²) in [7, 11) is 0. The third-order valence-electron chi connectivity index (χ3n) is 5.74. The number of hydrogen-bond acceptors (Lipinski definition) is 4. The van der Waals surface area contributed by atoms with Crippen molar-refractivity contribution in [2.45, 2.75) is 32.7 Å². The molecule has 32 heavy (non-hydrogen) atoms. The monoisotopic (exact) mass is 436 g/mol. The Bertz CT molecular complexity index is 1140. The van der Waals surface area contributed by atoms with Gasteiger partial charge in [-0.3, -0.25) is 9.78 Å². The predicted octanol–water partition coefficient (Wildman–Crippen LogP) is 4.82. The van der Waals surface area contributed by atoms with Crippen molar-refractivity contribution >= 4 is 17.3 Å². The van der Waals surface area contributed by atoms with Gasteiger partial charge in [-0.15, -0.1) is 0 Å². The standard InChI is InChI=1S/C25H26F2N4O/c1-15-10-16(2)12-18(11-15)30-25(32)21-14-29-13-20(19-4-3-5-22(26)23(19)27)24(21)31-8-6-17(28)7-9-31/h3-5,10-14,17H,6-9,28H2,1-2H3,(H,30,32).